The minimum absolute atomic E-state index is 0.185. The van der Waals surface area contributed by atoms with Crippen molar-refractivity contribution in [2.24, 2.45) is 5.92 Å². The van der Waals surface area contributed by atoms with Crippen LogP contribution < -0.4 is 0 Å². The van der Waals surface area contributed by atoms with Crippen LogP contribution in [-0.2, 0) is 6.54 Å². The molecule has 1 saturated carbocycles. The first-order chi connectivity index (χ1) is 7.13. The van der Waals surface area contributed by atoms with Gasteiger partial charge in [-0.2, -0.15) is 0 Å². The van der Waals surface area contributed by atoms with Crippen LogP contribution in [0.25, 0.3) is 0 Å². The lowest BCUT2D eigenvalue weighted by atomic mass is 10.2. The summed E-state index contributed by atoms with van der Waals surface area (Å²) in [4.78, 5) is 11.6. The summed E-state index contributed by atoms with van der Waals surface area (Å²) in [6.07, 6.45) is 2.69. The fourth-order valence-corrected chi connectivity index (χ4v) is 2.30. The van der Waals surface area contributed by atoms with Crippen molar-refractivity contribution >= 4 is 21.7 Å². The van der Waals surface area contributed by atoms with Crippen LogP contribution in [-0.4, -0.2) is 15.7 Å². The van der Waals surface area contributed by atoms with E-state index < -0.39 is 0 Å². The Labute approximate surface area is 98.8 Å². The number of Topliss-reactive ketones (excluding diaryl/α,β-unsaturated/α-hetero) is 1. The van der Waals surface area contributed by atoms with Crippen molar-refractivity contribution in [1.29, 1.82) is 0 Å². The average molecular weight is 270 g/mol. The molecule has 0 unspecified atom stereocenters. The van der Waals surface area contributed by atoms with Crippen LogP contribution in [0.1, 0.15) is 34.6 Å². The highest BCUT2D eigenvalue weighted by Crippen LogP contribution is 2.32. The number of alkyl halides is 1. The van der Waals surface area contributed by atoms with Gasteiger partial charge in [-0.15, -0.1) is 0 Å². The molecule has 2 nitrogen and oxygen atoms in total. The highest BCUT2D eigenvalue weighted by molar-refractivity contribution is 9.09. The number of aryl methyl sites for hydroxylation is 1. The second kappa shape index (κ2) is 4.12. The van der Waals surface area contributed by atoms with Gasteiger partial charge < -0.3 is 4.57 Å². The van der Waals surface area contributed by atoms with Gasteiger partial charge in [0, 0.05) is 23.5 Å². The number of halogens is 1. The normalized spacial score (nSPS) is 15.7. The Kier molecular flexibility index (Phi) is 3.01. The van der Waals surface area contributed by atoms with E-state index in [2.05, 4.69) is 27.4 Å². The molecule has 15 heavy (non-hydrogen) atoms. The minimum Gasteiger partial charge on any atom is -0.348 e. The van der Waals surface area contributed by atoms with E-state index in [1.165, 1.54) is 18.5 Å². The van der Waals surface area contributed by atoms with Gasteiger partial charge in [-0.1, -0.05) is 15.9 Å². The maximum Gasteiger partial charge on any atom is 0.175 e. The molecule has 0 N–H and O–H groups in total. The Morgan fingerprint density at radius 2 is 2.20 bits per heavy atom. The highest BCUT2D eigenvalue weighted by atomic mass is 79.9. The molecular weight excluding hydrogens is 254 g/mol. The minimum atomic E-state index is 0.185. The second-order valence-electron chi connectivity index (χ2n) is 4.40. The third-order valence-electron chi connectivity index (χ3n) is 3.13. The van der Waals surface area contributed by atoms with E-state index >= 15 is 0 Å². The summed E-state index contributed by atoms with van der Waals surface area (Å²) in [6.45, 7) is 5.22. The monoisotopic (exact) mass is 269 g/mol. The molecule has 0 radical (unpaired) electrons. The number of carbonyl (C=O) groups is 1. The highest BCUT2D eigenvalue weighted by Gasteiger charge is 2.24. The maximum atomic E-state index is 11.6. The zero-order valence-corrected chi connectivity index (χ0v) is 10.8. The summed E-state index contributed by atoms with van der Waals surface area (Å²) < 4.78 is 2.29. The standard InChI is InChI=1S/C12H16BrNO/c1-8-5-11(12(15)6-13)9(2)14(8)7-10-3-4-10/h5,10H,3-4,6-7H2,1-2H3. The van der Waals surface area contributed by atoms with Crippen molar-refractivity contribution in [3.8, 4) is 0 Å². The summed E-state index contributed by atoms with van der Waals surface area (Å²) in [6, 6.07) is 2.02. The van der Waals surface area contributed by atoms with Crippen molar-refractivity contribution in [3.63, 3.8) is 0 Å². The van der Waals surface area contributed by atoms with Crippen LogP contribution in [0.3, 0.4) is 0 Å². The van der Waals surface area contributed by atoms with Crippen molar-refractivity contribution in [3.05, 3.63) is 23.0 Å². The van der Waals surface area contributed by atoms with Gasteiger partial charge in [0.1, 0.15) is 0 Å². The van der Waals surface area contributed by atoms with Gasteiger partial charge >= 0.3 is 0 Å². The maximum absolute atomic E-state index is 11.6. The number of ketones is 1. The molecule has 0 saturated heterocycles. The topological polar surface area (TPSA) is 22.0 Å². The molecule has 1 fully saturated rings. The van der Waals surface area contributed by atoms with E-state index in [-0.39, 0.29) is 5.78 Å². The molecule has 0 bridgehead atoms. The van der Waals surface area contributed by atoms with Gasteiger partial charge in [-0.05, 0) is 38.7 Å². The van der Waals surface area contributed by atoms with E-state index in [1.807, 2.05) is 13.0 Å². The predicted octanol–water partition coefficient (Wildman–Crippen LogP) is 3.09. The molecule has 3 heteroatoms. The first kappa shape index (κ1) is 10.9. The number of rotatable bonds is 4. The Bertz CT molecular complexity index is 391. The molecule has 1 aliphatic rings. The van der Waals surface area contributed by atoms with Crippen molar-refractivity contribution < 1.29 is 4.79 Å². The Morgan fingerprint density at radius 1 is 1.53 bits per heavy atom. The average Bonchev–Trinajstić information content (AvgIpc) is 2.99. The number of nitrogens with zero attached hydrogens (tertiary/aromatic N) is 1. The van der Waals surface area contributed by atoms with Crippen molar-refractivity contribution in [2.45, 2.75) is 33.2 Å². The van der Waals surface area contributed by atoms with Crippen molar-refractivity contribution in [2.75, 3.05) is 5.33 Å². The van der Waals surface area contributed by atoms with Gasteiger partial charge in [0.15, 0.2) is 5.78 Å². The van der Waals surface area contributed by atoms with Crippen LogP contribution in [0.4, 0.5) is 0 Å². The van der Waals surface area contributed by atoms with Crippen LogP contribution >= 0.6 is 15.9 Å². The lowest BCUT2D eigenvalue weighted by Crippen LogP contribution is -2.06. The summed E-state index contributed by atoms with van der Waals surface area (Å²) in [5.41, 5.74) is 3.22. The molecule has 1 heterocycles. The van der Waals surface area contributed by atoms with E-state index in [9.17, 15) is 4.79 Å². The fourth-order valence-electron chi connectivity index (χ4n) is 1.99. The smallest absolute Gasteiger partial charge is 0.175 e. The van der Waals surface area contributed by atoms with Gasteiger partial charge in [0.2, 0.25) is 0 Å². The third-order valence-corrected chi connectivity index (χ3v) is 3.64. The molecule has 0 atom stereocenters. The molecule has 0 amide bonds. The number of carbonyl (C=O) groups excluding carboxylic acids is 1. The molecule has 2 rings (SSSR count). The lowest BCUT2D eigenvalue weighted by molar-refractivity contribution is 0.102. The van der Waals surface area contributed by atoms with E-state index in [1.54, 1.807) is 0 Å². The molecule has 1 aromatic heterocycles. The number of hydrogen-bond donors (Lipinski definition) is 0. The number of hydrogen-bond acceptors (Lipinski definition) is 1. The SMILES string of the molecule is Cc1cc(C(=O)CBr)c(C)n1CC1CC1. The fraction of sp³-hybridized carbons (Fsp3) is 0.583. The van der Waals surface area contributed by atoms with Crippen molar-refractivity contribution in [1.82, 2.24) is 4.57 Å². The van der Waals surface area contributed by atoms with Crippen LogP contribution in [0.15, 0.2) is 6.07 Å². The van der Waals surface area contributed by atoms with E-state index in [4.69, 9.17) is 0 Å². The summed E-state index contributed by atoms with van der Waals surface area (Å²) in [7, 11) is 0. The zero-order valence-electron chi connectivity index (χ0n) is 9.22. The van der Waals surface area contributed by atoms with Gasteiger partial charge in [0.25, 0.3) is 0 Å². The van der Waals surface area contributed by atoms with Gasteiger partial charge in [-0.25, -0.2) is 0 Å². The molecule has 0 aromatic carbocycles. The Balaban J connectivity index is 2.29. The quantitative estimate of drug-likeness (QED) is 0.608. The third kappa shape index (κ3) is 2.17. The van der Waals surface area contributed by atoms with E-state index in [0.717, 1.165) is 23.7 Å². The summed E-state index contributed by atoms with van der Waals surface area (Å²) >= 11 is 3.22. The van der Waals surface area contributed by atoms with E-state index in [0.29, 0.717) is 5.33 Å². The lowest BCUT2D eigenvalue weighted by Gasteiger charge is -2.08. The second-order valence-corrected chi connectivity index (χ2v) is 4.96. The summed E-state index contributed by atoms with van der Waals surface area (Å²) in [5.74, 6) is 1.03. The largest absolute Gasteiger partial charge is 0.348 e. The molecule has 1 aromatic rings. The molecule has 0 spiro atoms. The molecule has 0 aliphatic heterocycles. The zero-order chi connectivity index (χ0) is 11.0. The number of aromatic nitrogens is 1. The van der Waals surface area contributed by atoms with Crippen LogP contribution in [0.5, 0.6) is 0 Å². The Morgan fingerprint density at radius 3 is 2.73 bits per heavy atom. The Hall–Kier alpha value is -0.570. The predicted molar refractivity (Wildman–Crippen MR) is 64.8 cm³/mol. The first-order valence-corrected chi connectivity index (χ1v) is 6.51. The first-order valence-electron chi connectivity index (χ1n) is 5.39. The van der Waals surface area contributed by atoms with Crippen LogP contribution in [0.2, 0.25) is 0 Å². The molecular formula is C12H16BrNO. The van der Waals surface area contributed by atoms with Gasteiger partial charge in [0.05, 0.1) is 5.33 Å². The summed E-state index contributed by atoms with van der Waals surface area (Å²) in [5, 5.41) is 0.417. The molecule has 1 aliphatic carbocycles. The molecule has 82 valence electrons. The van der Waals surface area contributed by atoms with Gasteiger partial charge in [-0.3, -0.25) is 4.79 Å². The van der Waals surface area contributed by atoms with Crippen LogP contribution in [0, 0.1) is 19.8 Å².